The van der Waals surface area contributed by atoms with Gasteiger partial charge in [0.1, 0.15) is 12.2 Å². The molecule has 0 rings (SSSR count). The Morgan fingerprint density at radius 1 is 0.491 bits per heavy atom. The highest BCUT2D eigenvalue weighted by molar-refractivity contribution is 7.47. The van der Waals surface area contributed by atoms with E-state index >= 15 is 0 Å². The minimum Gasteiger partial charge on any atom is -0.457 e. The number of unbranched alkanes of at least 4 members (excludes halogenated alkanes) is 20. The van der Waals surface area contributed by atoms with Crippen molar-refractivity contribution in [3.05, 3.63) is 48.6 Å². The lowest BCUT2D eigenvalue weighted by molar-refractivity contribution is -0.153. The molecule has 0 aromatic heterocycles. The number of allylic oxidation sites excluding steroid dienone is 8. The zero-order valence-electron chi connectivity index (χ0n) is 36.0. The van der Waals surface area contributed by atoms with Gasteiger partial charge in [0.25, 0.3) is 0 Å². The standard InChI is InChI=1S/C46H83O10P/c1-3-5-7-9-11-13-15-17-19-20-21-22-24-26-28-30-32-34-36-38-46(50)56-44(40-48)42-54-57(51,52)53-41-43(39-47)55-45(49)37-35-33-31-29-27-25-23-18-16-14-12-10-8-6-4-2/h5,7,11,13,17,19,21-22,43-44,47-48H,3-4,6,8-10,12,14-16,18,20,23-42H2,1-2H3,(H,51,52)/b7-5-,13-11-,19-17-,22-21-. The summed E-state index contributed by atoms with van der Waals surface area (Å²) in [6, 6.07) is 0. The van der Waals surface area contributed by atoms with Crippen molar-refractivity contribution in [2.45, 2.75) is 206 Å². The van der Waals surface area contributed by atoms with E-state index in [1.54, 1.807) is 0 Å². The molecule has 0 fully saturated rings. The number of esters is 2. The molecular formula is C46H83O10P. The van der Waals surface area contributed by atoms with Crippen LogP contribution in [0.1, 0.15) is 194 Å². The fraction of sp³-hybridized carbons (Fsp3) is 0.783. The van der Waals surface area contributed by atoms with Crippen molar-refractivity contribution in [2.24, 2.45) is 0 Å². The molecule has 0 radical (unpaired) electrons. The van der Waals surface area contributed by atoms with E-state index in [-0.39, 0.29) is 12.8 Å². The average molecular weight is 827 g/mol. The van der Waals surface area contributed by atoms with Crippen molar-refractivity contribution in [2.75, 3.05) is 26.4 Å². The zero-order valence-corrected chi connectivity index (χ0v) is 36.9. The van der Waals surface area contributed by atoms with Gasteiger partial charge in [-0.05, 0) is 51.4 Å². The Kier molecular flexibility index (Phi) is 40.5. The molecule has 0 amide bonds. The van der Waals surface area contributed by atoms with Crippen molar-refractivity contribution in [1.82, 2.24) is 0 Å². The summed E-state index contributed by atoms with van der Waals surface area (Å²) in [5.74, 6) is -1.03. The molecule has 0 aromatic carbocycles. The van der Waals surface area contributed by atoms with E-state index in [1.165, 1.54) is 70.6 Å². The molecule has 0 saturated carbocycles. The number of aliphatic hydroxyl groups excluding tert-OH is 2. The summed E-state index contributed by atoms with van der Waals surface area (Å²) in [6.07, 6.45) is 45.1. The smallest absolute Gasteiger partial charge is 0.457 e. The van der Waals surface area contributed by atoms with E-state index in [0.717, 1.165) is 83.5 Å². The third-order valence-corrected chi connectivity index (χ3v) is 10.5. The van der Waals surface area contributed by atoms with E-state index in [0.29, 0.717) is 12.8 Å². The van der Waals surface area contributed by atoms with Crippen LogP contribution in [0.15, 0.2) is 48.6 Å². The molecule has 0 saturated heterocycles. The van der Waals surface area contributed by atoms with Crippen molar-refractivity contribution in [3.63, 3.8) is 0 Å². The van der Waals surface area contributed by atoms with Crippen molar-refractivity contribution in [1.29, 1.82) is 0 Å². The van der Waals surface area contributed by atoms with Crippen LogP contribution in [0.2, 0.25) is 0 Å². The summed E-state index contributed by atoms with van der Waals surface area (Å²) in [4.78, 5) is 34.6. The third kappa shape index (κ3) is 40.5. The number of ether oxygens (including phenoxy) is 2. The maximum atomic E-state index is 12.4. The largest absolute Gasteiger partial charge is 0.472 e. The van der Waals surface area contributed by atoms with E-state index in [2.05, 4.69) is 62.5 Å². The van der Waals surface area contributed by atoms with Gasteiger partial charge < -0.3 is 24.6 Å². The van der Waals surface area contributed by atoms with E-state index < -0.39 is 58.4 Å². The van der Waals surface area contributed by atoms with E-state index in [9.17, 15) is 29.3 Å². The summed E-state index contributed by atoms with van der Waals surface area (Å²) < 4.78 is 32.6. The van der Waals surface area contributed by atoms with Crippen LogP contribution in [0.3, 0.4) is 0 Å². The van der Waals surface area contributed by atoms with Crippen LogP contribution >= 0.6 is 7.82 Å². The maximum Gasteiger partial charge on any atom is 0.472 e. The predicted molar refractivity (Wildman–Crippen MR) is 233 cm³/mol. The molecule has 0 aliphatic rings. The SMILES string of the molecule is CC/C=C\C/C=C\C/C=C\C/C=C\CCCCCCCCC(=O)OC(CO)COP(=O)(O)OCC(CO)OC(=O)CCCCCCCCCCCCCCCCC. The van der Waals surface area contributed by atoms with Gasteiger partial charge in [-0.25, -0.2) is 4.57 Å². The summed E-state index contributed by atoms with van der Waals surface area (Å²) in [5.41, 5.74) is 0. The van der Waals surface area contributed by atoms with E-state index in [4.69, 9.17) is 18.5 Å². The number of hydrogen-bond donors (Lipinski definition) is 3. The summed E-state index contributed by atoms with van der Waals surface area (Å²) in [7, 11) is -4.64. The van der Waals surface area contributed by atoms with Crippen LogP contribution in [0.4, 0.5) is 0 Å². The molecule has 0 aliphatic heterocycles. The number of carbonyl (C=O) groups is 2. The predicted octanol–water partition coefficient (Wildman–Crippen LogP) is 12.1. The number of rotatable bonds is 42. The first-order valence-electron chi connectivity index (χ1n) is 22.6. The fourth-order valence-electron chi connectivity index (χ4n) is 6.11. The maximum absolute atomic E-state index is 12.4. The van der Waals surface area contributed by atoms with Gasteiger partial charge >= 0.3 is 19.8 Å². The Balaban J connectivity index is 3.92. The van der Waals surface area contributed by atoms with Crippen LogP contribution < -0.4 is 0 Å². The number of carbonyl (C=O) groups excluding carboxylic acids is 2. The lowest BCUT2D eigenvalue weighted by atomic mass is 10.0. The van der Waals surface area contributed by atoms with Crippen molar-refractivity contribution in [3.8, 4) is 0 Å². The third-order valence-electron chi connectivity index (χ3n) is 9.56. The molecule has 57 heavy (non-hydrogen) atoms. The molecule has 3 unspecified atom stereocenters. The monoisotopic (exact) mass is 827 g/mol. The summed E-state index contributed by atoms with van der Waals surface area (Å²) >= 11 is 0. The van der Waals surface area contributed by atoms with Gasteiger partial charge in [-0.1, -0.05) is 178 Å². The Labute approximate surface area is 347 Å². The zero-order chi connectivity index (χ0) is 41.9. The topological polar surface area (TPSA) is 149 Å². The van der Waals surface area contributed by atoms with Crippen LogP contribution in [-0.4, -0.2) is 65.7 Å². The Morgan fingerprint density at radius 2 is 0.825 bits per heavy atom. The second kappa shape index (κ2) is 42.1. The van der Waals surface area contributed by atoms with Crippen molar-refractivity contribution < 1.29 is 47.8 Å². The van der Waals surface area contributed by atoms with Gasteiger partial charge in [0.2, 0.25) is 0 Å². The molecule has 11 heteroatoms. The van der Waals surface area contributed by atoms with Gasteiger partial charge in [0.05, 0.1) is 26.4 Å². The van der Waals surface area contributed by atoms with Crippen molar-refractivity contribution >= 4 is 19.8 Å². The van der Waals surface area contributed by atoms with Gasteiger partial charge in [-0.3, -0.25) is 18.6 Å². The fourth-order valence-corrected chi connectivity index (χ4v) is 6.89. The second-order valence-electron chi connectivity index (χ2n) is 15.0. The first-order valence-corrected chi connectivity index (χ1v) is 24.1. The highest BCUT2D eigenvalue weighted by atomic mass is 31.2. The van der Waals surface area contributed by atoms with Gasteiger partial charge in [-0.15, -0.1) is 0 Å². The summed E-state index contributed by atoms with van der Waals surface area (Å²) in [6.45, 7) is 2.09. The molecular weight excluding hydrogens is 743 g/mol. The Morgan fingerprint density at radius 3 is 1.19 bits per heavy atom. The quantitative estimate of drug-likeness (QED) is 0.0235. The minimum atomic E-state index is -4.64. The molecule has 0 aliphatic carbocycles. The lowest BCUT2D eigenvalue weighted by Gasteiger charge is -2.20. The first-order chi connectivity index (χ1) is 27.8. The minimum absolute atomic E-state index is 0.175. The number of hydrogen-bond acceptors (Lipinski definition) is 9. The van der Waals surface area contributed by atoms with Gasteiger partial charge in [0.15, 0.2) is 0 Å². The van der Waals surface area contributed by atoms with Gasteiger partial charge in [-0.2, -0.15) is 0 Å². The highest BCUT2D eigenvalue weighted by Crippen LogP contribution is 2.43. The number of phosphoric ester groups is 1. The molecule has 0 aromatic rings. The summed E-state index contributed by atoms with van der Waals surface area (Å²) in [5, 5.41) is 19.2. The van der Waals surface area contributed by atoms with Crippen LogP contribution in [0.5, 0.6) is 0 Å². The highest BCUT2D eigenvalue weighted by Gasteiger charge is 2.27. The van der Waals surface area contributed by atoms with Gasteiger partial charge in [0, 0.05) is 12.8 Å². The van der Waals surface area contributed by atoms with Crippen LogP contribution in [0.25, 0.3) is 0 Å². The van der Waals surface area contributed by atoms with E-state index in [1.807, 2.05) is 0 Å². The molecule has 0 bridgehead atoms. The first kappa shape index (κ1) is 54.9. The molecule has 10 nitrogen and oxygen atoms in total. The van der Waals surface area contributed by atoms with Crippen LogP contribution in [0, 0.1) is 0 Å². The number of aliphatic hydroxyl groups is 2. The average Bonchev–Trinajstić information content (AvgIpc) is 3.20. The molecule has 332 valence electrons. The second-order valence-corrected chi connectivity index (χ2v) is 16.5. The Bertz CT molecular complexity index is 1090. The Hall–Kier alpha value is -2.07. The molecule has 0 spiro atoms. The number of phosphoric acid groups is 1. The lowest BCUT2D eigenvalue weighted by Crippen LogP contribution is -2.28. The molecule has 3 atom stereocenters. The van der Waals surface area contributed by atoms with Crippen LogP contribution in [-0.2, 0) is 32.7 Å². The normalized spacial score (nSPS) is 14.3. The molecule has 0 heterocycles. The molecule has 3 N–H and O–H groups in total.